The zero-order valence-corrected chi connectivity index (χ0v) is 6.99. The summed E-state index contributed by atoms with van der Waals surface area (Å²) in [5.41, 5.74) is 0.622. The van der Waals surface area contributed by atoms with Crippen LogP contribution in [-0.4, -0.2) is 19.9 Å². The Morgan fingerprint density at radius 2 is 2.42 bits per heavy atom. The first-order chi connectivity index (χ1) is 5.75. The second-order valence-electron chi connectivity index (χ2n) is 2.24. The summed E-state index contributed by atoms with van der Waals surface area (Å²) in [4.78, 5) is 3.81. The van der Waals surface area contributed by atoms with Crippen LogP contribution in [0.25, 0.3) is 11.6 Å². The summed E-state index contributed by atoms with van der Waals surface area (Å²) in [7, 11) is 1.81. The summed E-state index contributed by atoms with van der Waals surface area (Å²) < 4.78 is 6.44. The smallest absolute Gasteiger partial charge is 0.279 e. The Morgan fingerprint density at radius 1 is 1.58 bits per heavy atom. The van der Waals surface area contributed by atoms with Crippen molar-refractivity contribution in [1.29, 1.82) is 0 Å². The third kappa shape index (κ3) is 1.18. The SMILES string of the molecule is Cn1ccc(-c2nc(Cl)no2)n1. The Labute approximate surface area is 72.9 Å². The molecule has 0 amide bonds. The van der Waals surface area contributed by atoms with Gasteiger partial charge in [-0.1, -0.05) is 0 Å². The van der Waals surface area contributed by atoms with E-state index in [2.05, 4.69) is 15.2 Å². The van der Waals surface area contributed by atoms with E-state index in [-0.39, 0.29) is 5.28 Å². The molecule has 2 aromatic rings. The van der Waals surface area contributed by atoms with E-state index in [1.54, 1.807) is 16.9 Å². The minimum absolute atomic E-state index is 0.0932. The number of hydrogen-bond acceptors (Lipinski definition) is 4. The minimum Gasteiger partial charge on any atom is -0.331 e. The topological polar surface area (TPSA) is 56.7 Å². The van der Waals surface area contributed by atoms with Crippen LogP contribution in [0.2, 0.25) is 5.28 Å². The zero-order valence-electron chi connectivity index (χ0n) is 6.23. The molecular formula is C6H5ClN4O. The Hall–Kier alpha value is -1.36. The van der Waals surface area contributed by atoms with Crippen molar-refractivity contribution in [3.05, 3.63) is 17.5 Å². The van der Waals surface area contributed by atoms with Crippen LogP contribution in [-0.2, 0) is 7.05 Å². The third-order valence-electron chi connectivity index (χ3n) is 1.33. The van der Waals surface area contributed by atoms with Crippen molar-refractivity contribution in [1.82, 2.24) is 19.9 Å². The number of aromatic nitrogens is 4. The first-order valence-corrected chi connectivity index (χ1v) is 3.63. The lowest BCUT2D eigenvalue weighted by Gasteiger charge is -1.84. The molecule has 0 aliphatic heterocycles. The maximum atomic E-state index is 5.47. The molecule has 0 aliphatic rings. The highest BCUT2D eigenvalue weighted by Gasteiger charge is 2.08. The molecule has 0 atom stereocenters. The second kappa shape index (κ2) is 2.60. The van der Waals surface area contributed by atoms with Gasteiger partial charge in [0.25, 0.3) is 11.2 Å². The van der Waals surface area contributed by atoms with Crippen LogP contribution in [0.3, 0.4) is 0 Å². The van der Waals surface area contributed by atoms with Crippen molar-refractivity contribution in [3.8, 4) is 11.6 Å². The predicted molar refractivity (Wildman–Crippen MR) is 41.5 cm³/mol. The summed E-state index contributed by atoms with van der Waals surface area (Å²) in [5.74, 6) is 0.334. The largest absolute Gasteiger partial charge is 0.331 e. The molecule has 2 aromatic heterocycles. The van der Waals surface area contributed by atoms with E-state index in [0.717, 1.165) is 0 Å². The average molecular weight is 185 g/mol. The van der Waals surface area contributed by atoms with Gasteiger partial charge in [-0.15, -0.1) is 0 Å². The molecule has 2 rings (SSSR count). The molecule has 0 saturated heterocycles. The fourth-order valence-electron chi connectivity index (χ4n) is 0.839. The molecule has 0 fully saturated rings. The fourth-order valence-corrected chi connectivity index (χ4v) is 0.950. The molecule has 0 bridgehead atoms. The van der Waals surface area contributed by atoms with E-state index in [0.29, 0.717) is 11.6 Å². The van der Waals surface area contributed by atoms with Gasteiger partial charge in [0, 0.05) is 13.2 Å². The summed E-state index contributed by atoms with van der Waals surface area (Å²) >= 11 is 5.47. The van der Waals surface area contributed by atoms with Gasteiger partial charge in [-0.3, -0.25) is 4.68 Å². The molecule has 0 N–H and O–H groups in total. The van der Waals surface area contributed by atoms with E-state index in [1.807, 2.05) is 7.05 Å². The molecule has 62 valence electrons. The number of aryl methyl sites for hydroxylation is 1. The molecule has 2 heterocycles. The van der Waals surface area contributed by atoms with Gasteiger partial charge in [0.1, 0.15) is 0 Å². The number of halogens is 1. The quantitative estimate of drug-likeness (QED) is 0.667. The van der Waals surface area contributed by atoms with Crippen LogP contribution in [0, 0.1) is 0 Å². The minimum atomic E-state index is 0.0932. The van der Waals surface area contributed by atoms with Crippen molar-refractivity contribution in [3.63, 3.8) is 0 Å². The van der Waals surface area contributed by atoms with Crippen LogP contribution < -0.4 is 0 Å². The second-order valence-corrected chi connectivity index (χ2v) is 2.58. The van der Waals surface area contributed by atoms with Gasteiger partial charge in [-0.25, -0.2) is 0 Å². The lowest BCUT2D eigenvalue weighted by molar-refractivity contribution is 0.428. The van der Waals surface area contributed by atoms with Crippen molar-refractivity contribution >= 4 is 11.6 Å². The zero-order chi connectivity index (χ0) is 8.55. The number of nitrogens with zero attached hydrogens (tertiary/aromatic N) is 4. The van der Waals surface area contributed by atoms with Crippen LogP contribution in [0.1, 0.15) is 0 Å². The first kappa shape index (κ1) is 7.30. The number of hydrogen-bond donors (Lipinski definition) is 0. The monoisotopic (exact) mass is 184 g/mol. The molecular weight excluding hydrogens is 180 g/mol. The normalized spacial score (nSPS) is 10.5. The van der Waals surface area contributed by atoms with Gasteiger partial charge < -0.3 is 4.52 Å². The Bertz CT molecular complexity index is 355. The molecule has 0 saturated carbocycles. The molecule has 12 heavy (non-hydrogen) atoms. The Kier molecular flexibility index (Phi) is 1.58. The van der Waals surface area contributed by atoms with E-state index in [9.17, 15) is 0 Å². The van der Waals surface area contributed by atoms with Gasteiger partial charge >= 0.3 is 0 Å². The Morgan fingerprint density at radius 3 is 2.92 bits per heavy atom. The maximum Gasteiger partial charge on any atom is 0.279 e. The van der Waals surface area contributed by atoms with E-state index < -0.39 is 0 Å². The Balaban J connectivity index is 2.43. The van der Waals surface area contributed by atoms with Crippen molar-refractivity contribution in [2.75, 3.05) is 0 Å². The summed E-state index contributed by atoms with van der Waals surface area (Å²) in [5, 5.41) is 7.58. The highest BCUT2D eigenvalue weighted by atomic mass is 35.5. The van der Waals surface area contributed by atoms with Crippen LogP contribution >= 0.6 is 11.6 Å². The fraction of sp³-hybridized carbons (Fsp3) is 0.167. The summed E-state index contributed by atoms with van der Waals surface area (Å²) in [6.07, 6.45) is 1.79. The number of rotatable bonds is 1. The standard InChI is InChI=1S/C6H5ClN4O/c1-11-3-2-4(9-11)5-8-6(7)10-12-5/h2-3H,1H3. The molecule has 0 aliphatic carbocycles. The van der Waals surface area contributed by atoms with E-state index in [4.69, 9.17) is 16.1 Å². The van der Waals surface area contributed by atoms with Gasteiger partial charge in [0.15, 0.2) is 5.69 Å². The maximum absolute atomic E-state index is 5.47. The average Bonchev–Trinajstić information content (AvgIpc) is 2.58. The van der Waals surface area contributed by atoms with Crippen molar-refractivity contribution < 1.29 is 4.52 Å². The molecule has 5 nitrogen and oxygen atoms in total. The molecule has 0 spiro atoms. The van der Waals surface area contributed by atoms with Crippen molar-refractivity contribution in [2.24, 2.45) is 7.05 Å². The van der Waals surface area contributed by atoms with E-state index >= 15 is 0 Å². The van der Waals surface area contributed by atoms with Crippen LogP contribution in [0.4, 0.5) is 0 Å². The first-order valence-electron chi connectivity index (χ1n) is 3.25. The predicted octanol–water partition coefficient (Wildman–Crippen LogP) is 1.12. The van der Waals surface area contributed by atoms with Crippen LogP contribution in [0.15, 0.2) is 16.8 Å². The van der Waals surface area contributed by atoms with E-state index in [1.165, 1.54) is 0 Å². The third-order valence-corrected chi connectivity index (χ3v) is 1.49. The lowest BCUT2D eigenvalue weighted by Crippen LogP contribution is -1.87. The van der Waals surface area contributed by atoms with Gasteiger partial charge in [0.05, 0.1) is 0 Å². The molecule has 0 aromatic carbocycles. The van der Waals surface area contributed by atoms with Gasteiger partial charge in [-0.2, -0.15) is 10.1 Å². The summed E-state index contributed by atoms with van der Waals surface area (Å²) in [6.45, 7) is 0. The molecule has 0 unspecified atom stereocenters. The lowest BCUT2D eigenvalue weighted by atomic mass is 10.4. The van der Waals surface area contributed by atoms with Gasteiger partial charge in [-0.05, 0) is 22.8 Å². The van der Waals surface area contributed by atoms with Crippen molar-refractivity contribution in [2.45, 2.75) is 0 Å². The molecule has 6 heteroatoms. The highest BCUT2D eigenvalue weighted by molar-refractivity contribution is 6.28. The van der Waals surface area contributed by atoms with Gasteiger partial charge in [0.2, 0.25) is 0 Å². The van der Waals surface area contributed by atoms with Crippen LogP contribution in [0.5, 0.6) is 0 Å². The molecule has 0 radical (unpaired) electrons. The summed E-state index contributed by atoms with van der Waals surface area (Å²) in [6, 6.07) is 1.77. The highest BCUT2D eigenvalue weighted by Crippen LogP contribution is 2.15.